The zero-order chi connectivity index (χ0) is 22.0. The Bertz CT molecular complexity index is 1350. The number of aromatic amines is 1. The van der Waals surface area contributed by atoms with Crippen LogP contribution < -0.4 is 15.2 Å². The van der Waals surface area contributed by atoms with Gasteiger partial charge in [0.25, 0.3) is 11.5 Å². The van der Waals surface area contributed by atoms with Crippen molar-refractivity contribution in [2.45, 2.75) is 24.8 Å². The van der Waals surface area contributed by atoms with Gasteiger partial charge in [0.15, 0.2) is 21.7 Å². The van der Waals surface area contributed by atoms with Crippen LogP contribution in [-0.4, -0.2) is 43.3 Å². The Morgan fingerprint density at radius 2 is 1.83 bits per heavy atom. The van der Waals surface area contributed by atoms with Crippen LogP contribution in [0.25, 0.3) is 22.0 Å². The number of fused-ring (bicyclic) bond motifs is 2. The quantitative estimate of drug-likeness (QED) is 0.689. The van der Waals surface area contributed by atoms with Crippen molar-refractivity contribution in [1.82, 2.24) is 9.55 Å². The highest BCUT2D eigenvalue weighted by Crippen LogP contribution is 2.45. The van der Waals surface area contributed by atoms with E-state index in [9.17, 15) is 18.0 Å². The number of aryl methyl sites for hydroxylation is 1. The van der Waals surface area contributed by atoms with Gasteiger partial charge in [-0.25, -0.2) is 8.42 Å². The molecule has 1 amide bonds. The molecular formula is C21H23N3O5S. The van der Waals surface area contributed by atoms with Gasteiger partial charge in [-0.3, -0.25) is 9.59 Å². The Balaban J connectivity index is 2.11. The van der Waals surface area contributed by atoms with Crippen molar-refractivity contribution in [3.63, 3.8) is 0 Å². The minimum atomic E-state index is -3.57. The van der Waals surface area contributed by atoms with Crippen molar-refractivity contribution in [3.05, 3.63) is 40.9 Å². The zero-order valence-corrected chi connectivity index (χ0v) is 18.2. The van der Waals surface area contributed by atoms with E-state index in [4.69, 9.17) is 4.74 Å². The molecule has 0 radical (unpaired) electrons. The maximum Gasteiger partial charge on any atom is 0.274 e. The summed E-state index contributed by atoms with van der Waals surface area (Å²) in [5, 5.41) is 0.648. The summed E-state index contributed by atoms with van der Waals surface area (Å²) in [6.07, 6.45) is 3.74. The number of aromatic nitrogens is 2. The van der Waals surface area contributed by atoms with Gasteiger partial charge in [-0.15, -0.1) is 0 Å². The summed E-state index contributed by atoms with van der Waals surface area (Å²) >= 11 is 0. The molecule has 0 bridgehead atoms. The fourth-order valence-corrected chi connectivity index (χ4v) is 4.42. The molecular weight excluding hydrogens is 406 g/mol. The number of rotatable bonds is 3. The van der Waals surface area contributed by atoms with Crippen LogP contribution in [-0.2, 0) is 21.7 Å². The predicted molar refractivity (Wildman–Crippen MR) is 115 cm³/mol. The Kier molecular flexibility index (Phi) is 4.54. The number of hydrogen-bond acceptors (Lipinski definition) is 5. The van der Waals surface area contributed by atoms with Gasteiger partial charge < -0.3 is 19.2 Å². The smallest absolute Gasteiger partial charge is 0.274 e. The van der Waals surface area contributed by atoms with Crippen molar-refractivity contribution >= 4 is 32.3 Å². The molecule has 1 atom stereocenters. The van der Waals surface area contributed by atoms with E-state index in [1.165, 1.54) is 15.5 Å². The maximum absolute atomic E-state index is 12.8. The number of ether oxygens (including phenoxy) is 1. The number of H-pyrrole nitrogens is 1. The van der Waals surface area contributed by atoms with E-state index >= 15 is 0 Å². The summed E-state index contributed by atoms with van der Waals surface area (Å²) in [7, 11) is -0.322. The number of carbonyl (C=O) groups excluding carboxylic acids is 1. The van der Waals surface area contributed by atoms with Gasteiger partial charge in [0.2, 0.25) is 0 Å². The number of amides is 1. The molecule has 0 aliphatic carbocycles. The minimum Gasteiger partial charge on any atom is -0.477 e. The first kappa shape index (κ1) is 20.2. The molecule has 8 nitrogen and oxygen atoms in total. The maximum atomic E-state index is 12.8. The lowest BCUT2D eigenvalue weighted by Gasteiger charge is -2.35. The van der Waals surface area contributed by atoms with Crippen LogP contribution in [0.2, 0.25) is 0 Å². The predicted octanol–water partition coefficient (Wildman–Crippen LogP) is 2.32. The highest BCUT2D eigenvalue weighted by molar-refractivity contribution is 7.90. The number of nitrogens with one attached hydrogen (secondary N) is 1. The lowest BCUT2D eigenvalue weighted by Crippen LogP contribution is -2.46. The van der Waals surface area contributed by atoms with Crippen LogP contribution in [0.4, 0.5) is 5.69 Å². The number of pyridine rings is 1. The van der Waals surface area contributed by atoms with Crippen LogP contribution in [0.1, 0.15) is 13.8 Å². The van der Waals surface area contributed by atoms with Gasteiger partial charge in [-0.2, -0.15) is 0 Å². The molecule has 3 aromatic rings. The third-order valence-corrected chi connectivity index (χ3v) is 6.53. The first-order valence-electron chi connectivity index (χ1n) is 9.50. The number of nitrogens with zero attached hydrogens (tertiary/aromatic N) is 2. The standard InChI is InChI=1S/C21H23N3O5S/c1-11(2)18-21(26)24(4)16-9-12(30(5,27)28)8-14(19(16)29-18)15-10-23(3)20(25)17-13(15)6-7-22-17/h6-11,18,22H,1-5H3/t18-/m0/s1. The van der Waals surface area contributed by atoms with Gasteiger partial charge in [-0.05, 0) is 24.1 Å². The van der Waals surface area contributed by atoms with E-state index in [1.54, 1.807) is 38.6 Å². The van der Waals surface area contributed by atoms with Gasteiger partial charge >= 0.3 is 0 Å². The molecule has 1 aromatic carbocycles. The largest absolute Gasteiger partial charge is 0.477 e. The van der Waals surface area contributed by atoms with E-state index in [0.29, 0.717) is 33.5 Å². The summed E-state index contributed by atoms with van der Waals surface area (Å²) < 4.78 is 32.4. The topological polar surface area (TPSA) is 101 Å². The molecule has 9 heteroatoms. The molecule has 1 aliphatic rings. The van der Waals surface area contributed by atoms with Crippen molar-refractivity contribution < 1.29 is 17.9 Å². The second kappa shape index (κ2) is 6.73. The lowest BCUT2D eigenvalue weighted by atomic mass is 9.98. The summed E-state index contributed by atoms with van der Waals surface area (Å²) in [4.78, 5) is 29.7. The van der Waals surface area contributed by atoms with E-state index in [-0.39, 0.29) is 22.3 Å². The molecule has 4 rings (SSSR count). The Morgan fingerprint density at radius 3 is 2.47 bits per heavy atom. The van der Waals surface area contributed by atoms with Crippen molar-refractivity contribution in [2.24, 2.45) is 13.0 Å². The zero-order valence-electron chi connectivity index (χ0n) is 17.4. The first-order chi connectivity index (χ1) is 14.0. The second-order valence-electron chi connectivity index (χ2n) is 8.00. The van der Waals surface area contributed by atoms with E-state index in [0.717, 1.165) is 6.26 Å². The Labute approximate surface area is 174 Å². The molecule has 1 aliphatic heterocycles. The highest BCUT2D eigenvalue weighted by Gasteiger charge is 2.37. The number of anilines is 1. The average Bonchev–Trinajstić information content (AvgIpc) is 3.16. The summed E-state index contributed by atoms with van der Waals surface area (Å²) in [6.45, 7) is 3.78. The molecule has 0 saturated carbocycles. The van der Waals surface area contributed by atoms with Gasteiger partial charge in [-0.1, -0.05) is 13.8 Å². The third-order valence-electron chi connectivity index (χ3n) is 5.44. The Hall–Kier alpha value is -3.07. The normalized spacial score (nSPS) is 16.8. The molecule has 2 aromatic heterocycles. The third kappa shape index (κ3) is 3.00. The van der Waals surface area contributed by atoms with Gasteiger partial charge in [0.05, 0.1) is 10.6 Å². The fourth-order valence-electron chi connectivity index (χ4n) is 3.77. The molecule has 158 valence electrons. The lowest BCUT2D eigenvalue weighted by molar-refractivity contribution is -0.127. The second-order valence-corrected chi connectivity index (χ2v) is 10.0. The number of benzene rings is 1. The van der Waals surface area contributed by atoms with Crippen LogP contribution in [0.3, 0.4) is 0 Å². The van der Waals surface area contributed by atoms with Crippen molar-refractivity contribution in [1.29, 1.82) is 0 Å². The molecule has 3 heterocycles. The van der Waals surface area contributed by atoms with Crippen LogP contribution in [0, 0.1) is 5.92 Å². The Morgan fingerprint density at radius 1 is 1.13 bits per heavy atom. The van der Waals surface area contributed by atoms with E-state index in [1.807, 2.05) is 13.8 Å². The summed E-state index contributed by atoms with van der Waals surface area (Å²) in [6, 6.07) is 4.77. The molecule has 1 N–H and O–H groups in total. The monoisotopic (exact) mass is 429 g/mol. The molecule has 0 spiro atoms. The van der Waals surface area contributed by atoms with Crippen molar-refractivity contribution in [3.8, 4) is 16.9 Å². The fraction of sp³-hybridized carbons (Fsp3) is 0.333. The number of carbonyl (C=O) groups is 1. The molecule has 0 saturated heterocycles. The average molecular weight is 429 g/mol. The van der Waals surface area contributed by atoms with Crippen molar-refractivity contribution in [2.75, 3.05) is 18.2 Å². The van der Waals surface area contributed by atoms with Crippen LogP contribution >= 0.6 is 0 Å². The van der Waals surface area contributed by atoms with Crippen LogP contribution in [0.5, 0.6) is 5.75 Å². The van der Waals surface area contributed by atoms with Gasteiger partial charge in [0, 0.05) is 49.3 Å². The number of sulfone groups is 1. The summed E-state index contributed by atoms with van der Waals surface area (Å²) in [5.74, 6) is 0.105. The molecule has 0 fully saturated rings. The van der Waals surface area contributed by atoms with E-state index in [2.05, 4.69) is 4.98 Å². The van der Waals surface area contributed by atoms with Crippen LogP contribution in [0.15, 0.2) is 40.3 Å². The summed E-state index contributed by atoms with van der Waals surface area (Å²) in [5.41, 5.74) is 1.75. The van der Waals surface area contributed by atoms with E-state index < -0.39 is 15.9 Å². The first-order valence-corrected chi connectivity index (χ1v) is 11.4. The molecule has 30 heavy (non-hydrogen) atoms. The SMILES string of the molecule is CC(C)[C@@H]1Oc2c(-c3cn(C)c(=O)c4[nH]ccc34)cc(S(C)(=O)=O)cc2N(C)C1=O. The number of hydrogen-bond donors (Lipinski definition) is 1. The van der Waals surface area contributed by atoms with Gasteiger partial charge in [0.1, 0.15) is 5.52 Å². The molecule has 0 unspecified atom stereocenters. The highest BCUT2D eigenvalue weighted by atomic mass is 32.2. The number of likely N-dealkylation sites (N-methyl/N-ethyl adjacent to an activating group) is 1. The minimum absolute atomic E-state index is 0.0695.